The van der Waals surface area contributed by atoms with Crippen LogP contribution in [0.1, 0.15) is 22.2 Å². The summed E-state index contributed by atoms with van der Waals surface area (Å²) in [7, 11) is 0. The van der Waals surface area contributed by atoms with Crippen molar-refractivity contribution in [3.8, 4) is 0 Å². The van der Waals surface area contributed by atoms with Crippen LogP contribution in [0.3, 0.4) is 0 Å². The standard InChI is InChI=1S/C13H13FN2OS/c1-2-8-5-6-18-12(8)13(17)16-11-4-3-9(15)7-10(11)14/h3-7H,2,15H2,1H3,(H,16,17). The van der Waals surface area contributed by atoms with Crippen molar-refractivity contribution in [2.75, 3.05) is 11.1 Å². The SMILES string of the molecule is CCc1ccsc1C(=O)Nc1ccc(N)cc1F. The number of carbonyl (C=O) groups excluding carboxylic acids is 1. The van der Waals surface area contributed by atoms with E-state index in [-0.39, 0.29) is 11.6 Å². The highest BCUT2D eigenvalue weighted by molar-refractivity contribution is 7.12. The molecule has 3 nitrogen and oxygen atoms in total. The maximum Gasteiger partial charge on any atom is 0.266 e. The van der Waals surface area contributed by atoms with E-state index in [1.807, 2.05) is 18.4 Å². The van der Waals surface area contributed by atoms with Gasteiger partial charge >= 0.3 is 0 Å². The molecule has 0 aliphatic heterocycles. The van der Waals surface area contributed by atoms with E-state index in [1.165, 1.54) is 23.5 Å². The van der Waals surface area contributed by atoms with Crippen LogP contribution in [0.25, 0.3) is 0 Å². The zero-order valence-electron chi connectivity index (χ0n) is 9.87. The average molecular weight is 264 g/mol. The molecule has 18 heavy (non-hydrogen) atoms. The van der Waals surface area contributed by atoms with Gasteiger partial charge in [0.1, 0.15) is 5.82 Å². The number of halogens is 1. The van der Waals surface area contributed by atoms with E-state index in [1.54, 1.807) is 6.07 Å². The summed E-state index contributed by atoms with van der Waals surface area (Å²) in [5.74, 6) is -0.816. The van der Waals surface area contributed by atoms with E-state index >= 15 is 0 Å². The van der Waals surface area contributed by atoms with Crippen molar-refractivity contribution in [1.29, 1.82) is 0 Å². The molecular formula is C13H13FN2OS. The van der Waals surface area contributed by atoms with Gasteiger partial charge in [-0.2, -0.15) is 0 Å². The lowest BCUT2D eigenvalue weighted by atomic mass is 10.2. The Bertz CT molecular complexity index is 580. The van der Waals surface area contributed by atoms with Crippen molar-refractivity contribution < 1.29 is 9.18 Å². The number of nitrogen functional groups attached to an aromatic ring is 1. The van der Waals surface area contributed by atoms with E-state index in [0.717, 1.165) is 12.0 Å². The third-order valence-electron chi connectivity index (χ3n) is 2.58. The molecule has 0 aliphatic rings. The van der Waals surface area contributed by atoms with Gasteiger partial charge < -0.3 is 11.1 Å². The molecule has 1 heterocycles. The van der Waals surface area contributed by atoms with E-state index in [4.69, 9.17) is 5.73 Å². The number of nitrogens with two attached hydrogens (primary N) is 1. The largest absolute Gasteiger partial charge is 0.399 e. The number of hydrogen-bond donors (Lipinski definition) is 2. The highest BCUT2D eigenvalue weighted by Crippen LogP contribution is 2.21. The van der Waals surface area contributed by atoms with Crippen LogP contribution in [0.5, 0.6) is 0 Å². The Morgan fingerprint density at radius 2 is 2.22 bits per heavy atom. The minimum atomic E-state index is -0.530. The van der Waals surface area contributed by atoms with Gasteiger partial charge in [0.05, 0.1) is 10.6 Å². The normalized spacial score (nSPS) is 10.3. The Balaban J connectivity index is 2.21. The summed E-state index contributed by atoms with van der Waals surface area (Å²) in [4.78, 5) is 12.6. The molecule has 3 N–H and O–H groups in total. The lowest BCUT2D eigenvalue weighted by molar-refractivity contribution is 0.102. The summed E-state index contributed by atoms with van der Waals surface area (Å²) in [6.07, 6.45) is 0.774. The predicted octanol–water partition coefficient (Wildman–Crippen LogP) is 3.28. The molecule has 94 valence electrons. The van der Waals surface area contributed by atoms with Gasteiger partial charge in [-0.25, -0.2) is 4.39 Å². The minimum absolute atomic E-state index is 0.143. The molecule has 0 aliphatic carbocycles. The molecule has 0 saturated carbocycles. The molecule has 2 aromatic rings. The van der Waals surface area contributed by atoms with Crippen molar-refractivity contribution in [2.45, 2.75) is 13.3 Å². The van der Waals surface area contributed by atoms with Crippen LogP contribution in [-0.4, -0.2) is 5.91 Å². The number of amides is 1. The first-order valence-electron chi connectivity index (χ1n) is 5.54. The molecule has 0 unspecified atom stereocenters. The minimum Gasteiger partial charge on any atom is -0.399 e. The Hall–Kier alpha value is -1.88. The molecule has 5 heteroatoms. The predicted molar refractivity (Wildman–Crippen MR) is 72.5 cm³/mol. The first kappa shape index (κ1) is 12.6. The summed E-state index contributed by atoms with van der Waals surface area (Å²) in [6.45, 7) is 1.97. The second-order valence-electron chi connectivity index (χ2n) is 3.82. The maximum atomic E-state index is 13.5. The molecule has 1 aromatic carbocycles. The fraction of sp³-hybridized carbons (Fsp3) is 0.154. The Morgan fingerprint density at radius 3 is 2.89 bits per heavy atom. The van der Waals surface area contributed by atoms with Gasteiger partial charge in [-0.05, 0) is 41.6 Å². The summed E-state index contributed by atoms with van der Waals surface area (Å²) in [6, 6.07) is 6.10. The van der Waals surface area contributed by atoms with Gasteiger partial charge in [-0.3, -0.25) is 4.79 Å². The highest BCUT2D eigenvalue weighted by atomic mass is 32.1. The third-order valence-corrected chi connectivity index (χ3v) is 3.53. The van der Waals surface area contributed by atoms with Gasteiger partial charge in [-0.1, -0.05) is 6.92 Å². The molecule has 0 spiro atoms. The summed E-state index contributed by atoms with van der Waals surface area (Å²) >= 11 is 1.35. The van der Waals surface area contributed by atoms with Crippen LogP contribution in [0.4, 0.5) is 15.8 Å². The zero-order valence-corrected chi connectivity index (χ0v) is 10.7. The number of nitrogens with one attached hydrogen (secondary N) is 1. The molecule has 1 aromatic heterocycles. The van der Waals surface area contributed by atoms with E-state index in [0.29, 0.717) is 10.6 Å². The van der Waals surface area contributed by atoms with Crippen LogP contribution in [0.2, 0.25) is 0 Å². The first-order valence-corrected chi connectivity index (χ1v) is 6.42. The Morgan fingerprint density at radius 1 is 1.44 bits per heavy atom. The molecule has 0 fully saturated rings. The number of benzene rings is 1. The quantitative estimate of drug-likeness (QED) is 0.836. The van der Waals surface area contributed by atoms with Gasteiger partial charge in [-0.15, -0.1) is 11.3 Å². The van der Waals surface area contributed by atoms with Crippen LogP contribution < -0.4 is 11.1 Å². The zero-order chi connectivity index (χ0) is 13.1. The van der Waals surface area contributed by atoms with Crippen LogP contribution >= 0.6 is 11.3 Å². The third kappa shape index (κ3) is 2.51. The first-order chi connectivity index (χ1) is 8.61. The molecule has 0 bridgehead atoms. The number of anilines is 2. The van der Waals surface area contributed by atoms with Gasteiger partial charge in [0.25, 0.3) is 5.91 Å². The van der Waals surface area contributed by atoms with Crippen LogP contribution in [-0.2, 0) is 6.42 Å². The molecule has 0 radical (unpaired) electrons. The second-order valence-corrected chi connectivity index (χ2v) is 4.74. The monoisotopic (exact) mass is 264 g/mol. The maximum absolute atomic E-state index is 13.5. The molecule has 2 rings (SSSR count). The smallest absolute Gasteiger partial charge is 0.266 e. The Labute approximate surface area is 108 Å². The Kier molecular flexibility index (Phi) is 3.62. The number of rotatable bonds is 3. The van der Waals surface area contributed by atoms with Crippen molar-refractivity contribution in [2.24, 2.45) is 0 Å². The molecule has 1 amide bonds. The molecular weight excluding hydrogens is 251 g/mol. The van der Waals surface area contributed by atoms with Gasteiger partial charge in [0, 0.05) is 5.69 Å². The van der Waals surface area contributed by atoms with E-state index in [9.17, 15) is 9.18 Å². The van der Waals surface area contributed by atoms with E-state index in [2.05, 4.69) is 5.32 Å². The number of thiophene rings is 1. The topological polar surface area (TPSA) is 55.1 Å². The van der Waals surface area contributed by atoms with E-state index < -0.39 is 5.82 Å². The fourth-order valence-corrected chi connectivity index (χ4v) is 2.52. The fourth-order valence-electron chi connectivity index (χ4n) is 1.63. The van der Waals surface area contributed by atoms with Crippen molar-refractivity contribution in [1.82, 2.24) is 0 Å². The van der Waals surface area contributed by atoms with Crippen LogP contribution in [0.15, 0.2) is 29.6 Å². The van der Waals surface area contributed by atoms with Crippen molar-refractivity contribution >= 4 is 28.6 Å². The highest BCUT2D eigenvalue weighted by Gasteiger charge is 2.13. The number of hydrogen-bond acceptors (Lipinski definition) is 3. The molecule has 0 atom stereocenters. The number of carbonyl (C=O) groups is 1. The average Bonchev–Trinajstić information content (AvgIpc) is 2.81. The van der Waals surface area contributed by atoms with Gasteiger partial charge in [0.2, 0.25) is 0 Å². The lowest BCUT2D eigenvalue weighted by Gasteiger charge is -2.07. The number of aryl methyl sites for hydroxylation is 1. The van der Waals surface area contributed by atoms with Crippen molar-refractivity contribution in [3.05, 3.63) is 45.9 Å². The molecule has 0 saturated heterocycles. The van der Waals surface area contributed by atoms with Crippen LogP contribution in [0, 0.1) is 5.82 Å². The second kappa shape index (κ2) is 5.18. The van der Waals surface area contributed by atoms with Crippen molar-refractivity contribution in [3.63, 3.8) is 0 Å². The lowest BCUT2D eigenvalue weighted by Crippen LogP contribution is -2.13. The summed E-state index contributed by atoms with van der Waals surface area (Å²) < 4.78 is 13.5. The van der Waals surface area contributed by atoms with Gasteiger partial charge in [0.15, 0.2) is 0 Å². The summed E-state index contributed by atoms with van der Waals surface area (Å²) in [5, 5.41) is 4.41. The summed E-state index contributed by atoms with van der Waals surface area (Å²) in [5.41, 5.74) is 6.89.